The molecule has 1 aliphatic rings. The van der Waals surface area contributed by atoms with Gasteiger partial charge in [-0.25, -0.2) is 9.83 Å². The number of pyridine rings is 1. The van der Waals surface area contributed by atoms with Crippen LogP contribution < -0.4 is 16.4 Å². The maximum absolute atomic E-state index is 12.3. The predicted molar refractivity (Wildman–Crippen MR) is 124 cm³/mol. The lowest BCUT2D eigenvalue weighted by molar-refractivity contribution is -0.138. The van der Waals surface area contributed by atoms with Crippen LogP contribution in [0.15, 0.2) is 35.4 Å². The summed E-state index contributed by atoms with van der Waals surface area (Å²) in [5.74, 6) is -1.00. The molecular weight excluding hydrogens is 440 g/mol. The van der Waals surface area contributed by atoms with Gasteiger partial charge >= 0.3 is 0 Å². The summed E-state index contributed by atoms with van der Waals surface area (Å²) in [4.78, 5) is 34.0. The van der Waals surface area contributed by atoms with Gasteiger partial charge < -0.3 is 21.5 Å². The molecule has 1 saturated heterocycles. The van der Waals surface area contributed by atoms with Crippen LogP contribution in [-0.4, -0.2) is 40.6 Å². The van der Waals surface area contributed by atoms with Crippen molar-refractivity contribution in [2.45, 2.75) is 42.1 Å². The molecular formula is C23H24N6O3S. The normalized spacial score (nSPS) is 15.8. The minimum atomic E-state index is -1.60. The van der Waals surface area contributed by atoms with Crippen LogP contribution in [-0.2, 0) is 16.0 Å². The van der Waals surface area contributed by atoms with Crippen molar-refractivity contribution in [3.05, 3.63) is 58.4 Å². The summed E-state index contributed by atoms with van der Waals surface area (Å²) < 4.78 is 0. The quantitative estimate of drug-likeness (QED) is 0.420. The molecule has 1 atom stereocenters. The van der Waals surface area contributed by atoms with E-state index in [9.17, 15) is 20.0 Å². The molecule has 0 bridgehead atoms. The van der Waals surface area contributed by atoms with Gasteiger partial charge in [-0.05, 0) is 17.5 Å². The van der Waals surface area contributed by atoms with Gasteiger partial charge in [0.05, 0.1) is 12.1 Å². The van der Waals surface area contributed by atoms with Crippen molar-refractivity contribution < 1.29 is 14.7 Å². The van der Waals surface area contributed by atoms with Gasteiger partial charge in [0.15, 0.2) is 0 Å². The molecule has 33 heavy (non-hydrogen) atoms. The minimum absolute atomic E-state index is 0.0965. The first-order valence-electron chi connectivity index (χ1n) is 10.4. The number of thioether (sulfide) groups is 1. The van der Waals surface area contributed by atoms with Gasteiger partial charge in [-0.2, -0.15) is 5.26 Å². The lowest BCUT2D eigenvalue weighted by atomic mass is 9.90. The fourth-order valence-electron chi connectivity index (χ4n) is 3.83. The first-order chi connectivity index (χ1) is 15.8. The van der Waals surface area contributed by atoms with Crippen molar-refractivity contribution in [1.29, 1.82) is 5.26 Å². The number of piperidine rings is 1. The summed E-state index contributed by atoms with van der Waals surface area (Å²) in [6.45, 7) is 10.1. The molecule has 0 radical (unpaired) electrons. The van der Waals surface area contributed by atoms with Crippen LogP contribution in [0.1, 0.15) is 41.7 Å². The number of nitrogens with zero attached hydrogens (tertiary/aromatic N) is 4. The maximum atomic E-state index is 12.3. The molecule has 10 heteroatoms. The molecule has 3 rings (SSSR count). The van der Waals surface area contributed by atoms with Crippen molar-refractivity contribution in [3.63, 3.8) is 0 Å². The Morgan fingerprint density at radius 3 is 2.45 bits per heavy atom. The number of carbonyl (C=O) groups excluding carboxylic acids is 2. The standard InChI is InChI=1S/C23H24N6O3S/c1-3-15-16(13-24)21(33-18(19(25)30)14-7-5-4-6-8-14)28-20(17(15)27-2)29-11-9-23(32,10-12-29)22(26)31/h4-8,18,32H,3,9-12H2,1H3,(H2,25,30)(H2,26,31). The van der Waals surface area contributed by atoms with E-state index in [-0.39, 0.29) is 37.2 Å². The van der Waals surface area contributed by atoms with Crippen LogP contribution in [0.4, 0.5) is 11.5 Å². The molecule has 9 nitrogen and oxygen atoms in total. The molecule has 5 N–H and O–H groups in total. The number of anilines is 1. The molecule has 1 aliphatic heterocycles. The molecule has 2 amide bonds. The Bertz CT molecular complexity index is 1150. The van der Waals surface area contributed by atoms with Gasteiger partial charge in [0.25, 0.3) is 0 Å². The summed E-state index contributed by atoms with van der Waals surface area (Å²) in [6, 6.07) is 11.1. The van der Waals surface area contributed by atoms with Crippen LogP contribution in [0.3, 0.4) is 0 Å². The number of aliphatic hydroxyl groups is 1. The molecule has 0 saturated carbocycles. The largest absolute Gasteiger partial charge is 0.380 e. The Morgan fingerprint density at radius 1 is 1.33 bits per heavy atom. The first-order valence-corrected chi connectivity index (χ1v) is 11.3. The highest BCUT2D eigenvalue weighted by Gasteiger charge is 2.39. The van der Waals surface area contributed by atoms with Gasteiger partial charge in [-0.1, -0.05) is 49.0 Å². The fraction of sp³-hybridized carbons (Fsp3) is 0.348. The molecule has 0 spiro atoms. The van der Waals surface area contributed by atoms with Crippen LogP contribution in [0.25, 0.3) is 4.85 Å². The number of carbonyl (C=O) groups is 2. The Labute approximate surface area is 196 Å². The van der Waals surface area contributed by atoms with Crippen molar-refractivity contribution in [2.75, 3.05) is 18.0 Å². The average molecular weight is 465 g/mol. The van der Waals surface area contributed by atoms with Gasteiger partial charge in [-0.3, -0.25) is 9.59 Å². The Hall–Kier alpha value is -3.60. The lowest BCUT2D eigenvalue weighted by Gasteiger charge is -2.37. The van der Waals surface area contributed by atoms with E-state index in [4.69, 9.17) is 18.0 Å². The zero-order chi connectivity index (χ0) is 24.2. The summed E-state index contributed by atoms with van der Waals surface area (Å²) >= 11 is 1.07. The number of nitrogens with two attached hydrogens (primary N) is 2. The van der Waals surface area contributed by atoms with Crippen LogP contribution >= 0.6 is 11.8 Å². The molecule has 1 unspecified atom stereocenters. The number of benzene rings is 1. The molecule has 0 aliphatic carbocycles. The zero-order valence-electron chi connectivity index (χ0n) is 18.1. The van der Waals surface area contributed by atoms with E-state index in [0.29, 0.717) is 28.4 Å². The van der Waals surface area contributed by atoms with Crippen LogP contribution in [0.5, 0.6) is 0 Å². The number of hydrogen-bond acceptors (Lipinski definition) is 7. The van der Waals surface area contributed by atoms with Gasteiger partial charge in [-0.15, -0.1) is 0 Å². The highest BCUT2D eigenvalue weighted by Crippen LogP contribution is 2.43. The van der Waals surface area contributed by atoms with Crippen molar-refractivity contribution >= 4 is 35.1 Å². The predicted octanol–water partition coefficient (Wildman–Crippen LogP) is 2.20. The first kappa shape index (κ1) is 24.1. The van der Waals surface area contributed by atoms with E-state index in [1.807, 2.05) is 13.0 Å². The molecule has 1 aromatic heterocycles. The average Bonchev–Trinajstić information content (AvgIpc) is 2.82. The van der Waals surface area contributed by atoms with Crippen molar-refractivity contribution in [3.8, 4) is 6.07 Å². The van der Waals surface area contributed by atoms with Gasteiger partial charge in [0.1, 0.15) is 27.8 Å². The summed E-state index contributed by atoms with van der Waals surface area (Å²) in [5, 5.41) is 19.8. The second kappa shape index (κ2) is 9.90. The maximum Gasteiger partial charge on any atom is 0.249 e. The van der Waals surface area contributed by atoms with Crippen LogP contribution in [0.2, 0.25) is 0 Å². The van der Waals surface area contributed by atoms with Crippen LogP contribution in [0, 0.1) is 17.9 Å². The monoisotopic (exact) mass is 464 g/mol. The number of aromatic nitrogens is 1. The SMILES string of the molecule is [C-]#[N+]c1c(N2CCC(O)(C(N)=O)CC2)nc(SC(C(N)=O)c2ccccc2)c(C#N)c1CC. The Balaban J connectivity index is 2.08. The topological polar surface area (TPSA) is 151 Å². The second-order valence-corrected chi connectivity index (χ2v) is 8.81. The number of hydrogen-bond donors (Lipinski definition) is 3. The highest BCUT2D eigenvalue weighted by atomic mass is 32.2. The molecule has 1 aromatic carbocycles. The van der Waals surface area contributed by atoms with Crippen molar-refractivity contribution in [1.82, 2.24) is 4.98 Å². The Kier molecular flexibility index (Phi) is 7.22. The molecule has 2 heterocycles. The minimum Gasteiger partial charge on any atom is -0.380 e. The zero-order valence-corrected chi connectivity index (χ0v) is 18.9. The lowest BCUT2D eigenvalue weighted by Crippen LogP contribution is -2.52. The second-order valence-electron chi connectivity index (χ2n) is 7.71. The molecule has 170 valence electrons. The summed E-state index contributed by atoms with van der Waals surface area (Å²) in [6.07, 6.45) is 0.605. The molecule has 1 fully saturated rings. The number of rotatable bonds is 7. The van der Waals surface area contributed by atoms with E-state index >= 15 is 0 Å². The van der Waals surface area contributed by atoms with Gasteiger partial charge in [0.2, 0.25) is 17.5 Å². The van der Waals surface area contributed by atoms with E-state index in [1.165, 1.54) is 0 Å². The summed E-state index contributed by atoms with van der Waals surface area (Å²) in [5.41, 5.74) is 11.1. The number of amides is 2. The summed E-state index contributed by atoms with van der Waals surface area (Å²) in [7, 11) is 0. The number of nitriles is 1. The third kappa shape index (κ3) is 4.77. The van der Waals surface area contributed by atoms with E-state index in [1.54, 1.807) is 29.2 Å². The fourth-order valence-corrected chi connectivity index (χ4v) is 4.89. The van der Waals surface area contributed by atoms with Gasteiger partial charge in [0, 0.05) is 25.9 Å². The van der Waals surface area contributed by atoms with E-state index in [0.717, 1.165) is 11.8 Å². The highest BCUT2D eigenvalue weighted by molar-refractivity contribution is 8.00. The Morgan fingerprint density at radius 2 is 1.97 bits per heavy atom. The third-order valence-corrected chi connectivity index (χ3v) is 7.00. The third-order valence-electron chi connectivity index (χ3n) is 5.74. The van der Waals surface area contributed by atoms with Crippen molar-refractivity contribution in [2.24, 2.45) is 11.5 Å². The molecule has 2 aromatic rings. The smallest absolute Gasteiger partial charge is 0.249 e. The van der Waals surface area contributed by atoms with E-state index < -0.39 is 22.7 Å². The number of primary amides is 2. The van der Waals surface area contributed by atoms with E-state index in [2.05, 4.69) is 15.9 Å².